The van der Waals surface area contributed by atoms with Crippen LogP contribution in [0.2, 0.25) is 5.15 Å². The third-order valence-corrected chi connectivity index (χ3v) is 1.33. The molecule has 1 aromatic heterocycles. The van der Waals surface area contributed by atoms with Gasteiger partial charge in [0.15, 0.2) is 0 Å². The van der Waals surface area contributed by atoms with Gasteiger partial charge in [0.2, 0.25) is 0 Å². The Balaban J connectivity index is 3.21. The molecule has 0 saturated carbocycles. The molecule has 0 saturated heterocycles. The molecule has 1 rings (SSSR count). The Labute approximate surface area is 64.3 Å². The number of nitrogen functional groups attached to an aromatic ring is 1. The third-order valence-electron chi connectivity index (χ3n) is 1.12. The van der Waals surface area contributed by atoms with Gasteiger partial charge < -0.3 is 5.73 Å². The molecule has 0 fully saturated rings. The quantitative estimate of drug-likeness (QED) is 0.628. The van der Waals surface area contributed by atoms with Gasteiger partial charge in [0.1, 0.15) is 5.15 Å². The number of hydrogen-bond donors (Lipinski definition) is 1. The summed E-state index contributed by atoms with van der Waals surface area (Å²) in [5.41, 5.74) is 6.74. The van der Waals surface area contributed by atoms with Gasteiger partial charge in [-0.05, 0) is 18.2 Å². The number of aromatic nitrogens is 1. The van der Waals surface area contributed by atoms with Crippen molar-refractivity contribution in [3.05, 3.63) is 29.6 Å². The summed E-state index contributed by atoms with van der Waals surface area (Å²) >= 11 is 5.58. The molecule has 0 aliphatic heterocycles. The van der Waals surface area contributed by atoms with E-state index in [1.54, 1.807) is 18.2 Å². The molecule has 2 N–H and O–H groups in total. The predicted octanol–water partition coefficient (Wildman–Crippen LogP) is 1.96. The van der Waals surface area contributed by atoms with Crippen LogP contribution in [0.1, 0.15) is 5.69 Å². The maximum atomic E-state index is 5.58. The fourth-order valence-corrected chi connectivity index (χ4v) is 0.778. The van der Waals surface area contributed by atoms with Crippen LogP contribution >= 0.6 is 11.6 Å². The lowest BCUT2D eigenvalue weighted by Crippen LogP contribution is -1.91. The van der Waals surface area contributed by atoms with E-state index in [1.807, 2.05) is 0 Å². The molecule has 0 aromatic carbocycles. The number of hydrogen-bond acceptors (Lipinski definition) is 2. The first kappa shape index (κ1) is 7.09. The smallest absolute Gasteiger partial charge is 0.129 e. The minimum absolute atomic E-state index is 0.434. The van der Waals surface area contributed by atoms with Gasteiger partial charge in [0, 0.05) is 0 Å². The van der Waals surface area contributed by atoms with E-state index in [9.17, 15) is 0 Å². The highest BCUT2D eigenvalue weighted by Crippen LogP contribution is 2.13. The van der Waals surface area contributed by atoms with E-state index in [0.717, 1.165) is 0 Å². The Bertz CT molecular complexity index is 258. The summed E-state index contributed by atoms with van der Waals surface area (Å²) in [6.45, 7) is 3.53. The van der Waals surface area contributed by atoms with Crippen molar-refractivity contribution in [3.63, 3.8) is 0 Å². The Morgan fingerprint density at radius 1 is 1.60 bits per heavy atom. The van der Waals surface area contributed by atoms with Gasteiger partial charge in [-0.25, -0.2) is 4.98 Å². The predicted molar refractivity (Wildman–Crippen MR) is 43.8 cm³/mol. The van der Waals surface area contributed by atoms with Crippen LogP contribution in [0.3, 0.4) is 0 Å². The molecule has 3 heteroatoms. The average molecular weight is 155 g/mol. The summed E-state index contributed by atoms with van der Waals surface area (Å²) < 4.78 is 0. The summed E-state index contributed by atoms with van der Waals surface area (Å²) in [5.74, 6) is 0. The molecule has 52 valence electrons. The largest absolute Gasteiger partial charge is 0.397 e. The molecule has 0 bridgehead atoms. The second-order valence-corrected chi connectivity index (χ2v) is 2.20. The molecule has 0 amide bonds. The summed E-state index contributed by atoms with van der Waals surface area (Å²) in [5, 5.41) is 0.434. The van der Waals surface area contributed by atoms with Crippen LogP contribution in [0.15, 0.2) is 18.7 Å². The van der Waals surface area contributed by atoms with Crippen LogP contribution in [0.4, 0.5) is 5.69 Å². The van der Waals surface area contributed by atoms with Crippen molar-refractivity contribution in [1.29, 1.82) is 0 Å². The number of anilines is 1. The zero-order chi connectivity index (χ0) is 7.56. The van der Waals surface area contributed by atoms with Crippen molar-refractivity contribution in [2.45, 2.75) is 0 Å². The van der Waals surface area contributed by atoms with Gasteiger partial charge in [0.05, 0.1) is 11.4 Å². The molecule has 10 heavy (non-hydrogen) atoms. The van der Waals surface area contributed by atoms with Crippen molar-refractivity contribution >= 4 is 23.4 Å². The van der Waals surface area contributed by atoms with Crippen LogP contribution in [0.25, 0.3) is 6.08 Å². The molecule has 1 aromatic rings. The minimum Gasteiger partial charge on any atom is -0.397 e. The van der Waals surface area contributed by atoms with E-state index in [4.69, 9.17) is 17.3 Å². The summed E-state index contributed by atoms with van der Waals surface area (Å²) in [7, 11) is 0. The van der Waals surface area contributed by atoms with Crippen LogP contribution in [0, 0.1) is 0 Å². The van der Waals surface area contributed by atoms with Crippen LogP contribution in [-0.4, -0.2) is 4.98 Å². The Morgan fingerprint density at radius 2 is 2.30 bits per heavy atom. The second-order valence-electron chi connectivity index (χ2n) is 1.81. The lowest BCUT2D eigenvalue weighted by molar-refractivity contribution is 1.30. The van der Waals surface area contributed by atoms with E-state index in [-0.39, 0.29) is 0 Å². The van der Waals surface area contributed by atoms with E-state index < -0.39 is 0 Å². The van der Waals surface area contributed by atoms with E-state index >= 15 is 0 Å². The summed E-state index contributed by atoms with van der Waals surface area (Å²) in [4.78, 5) is 3.91. The Morgan fingerprint density at radius 3 is 2.80 bits per heavy atom. The van der Waals surface area contributed by atoms with Crippen LogP contribution in [-0.2, 0) is 0 Å². The third kappa shape index (κ3) is 1.28. The molecule has 2 nitrogen and oxygen atoms in total. The fraction of sp³-hybridized carbons (Fsp3) is 0. The lowest BCUT2D eigenvalue weighted by atomic mass is 10.3. The van der Waals surface area contributed by atoms with Gasteiger partial charge in [-0.1, -0.05) is 18.2 Å². The highest BCUT2D eigenvalue weighted by atomic mass is 35.5. The number of rotatable bonds is 1. The van der Waals surface area contributed by atoms with Gasteiger partial charge >= 0.3 is 0 Å². The normalized spacial score (nSPS) is 9.30. The van der Waals surface area contributed by atoms with Crippen molar-refractivity contribution in [3.8, 4) is 0 Å². The molecule has 0 aliphatic rings. The van der Waals surface area contributed by atoms with E-state index in [2.05, 4.69) is 11.6 Å². The van der Waals surface area contributed by atoms with Gasteiger partial charge in [0.25, 0.3) is 0 Å². The van der Waals surface area contributed by atoms with Crippen molar-refractivity contribution in [1.82, 2.24) is 4.98 Å². The SMILES string of the molecule is C=Cc1nc(Cl)ccc1N. The summed E-state index contributed by atoms with van der Waals surface area (Å²) in [6.07, 6.45) is 1.57. The fourth-order valence-electron chi connectivity index (χ4n) is 0.624. The molecular weight excluding hydrogens is 148 g/mol. The zero-order valence-corrected chi connectivity index (χ0v) is 6.10. The molecule has 0 unspecified atom stereocenters. The van der Waals surface area contributed by atoms with Gasteiger partial charge in [-0.2, -0.15) is 0 Å². The molecule has 0 spiro atoms. The van der Waals surface area contributed by atoms with Crippen molar-refractivity contribution in [2.24, 2.45) is 0 Å². The Kier molecular flexibility index (Phi) is 1.92. The lowest BCUT2D eigenvalue weighted by Gasteiger charge is -1.97. The van der Waals surface area contributed by atoms with Gasteiger partial charge in [-0.15, -0.1) is 0 Å². The first-order valence-corrected chi connectivity index (χ1v) is 3.16. The highest BCUT2D eigenvalue weighted by molar-refractivity contribution is 6.29. The highest BCUT2D eigenvalue weighted by Gasteiger charge is 1.95. The number of pyridine rings is 1. The topological polar surface area (TPSA) is 38.9 Å². The number of halogens is 1. The van der Waals surface area contributed by atoms with Crippen LogP contribution < -0.4 is 5.73 Å². The number of nitrogens with two attached hydrogens (primary N) is 1. The molecule has 0 aliphatic carbocycles. The Hall–Kier alpha value is -1.02. The van der Waals surface area contributed by atoms with Gasteiger partial charge in [-0.3, -0.25) is 0 Å². The standard InChI is InChI=1S/C7H7ClN2/c1-2-6-5(9)3-4-7(8)10-6/h2-4H,1,9H2. The van der Waals surface area contributed by atoms with E-state index in [1.165, 1.54) is 0 Å². The van der Waals surface area contributed by atoms with Crippen molar-refractivity contribution < 1.29 is 0 Å². The first-order chi connectivity index (χ1) is 4.74. The zero-order valence-electron chi connectivity index (χ0n) is 5.34. The molecule has 0 atom stereocenters. The van der Waals surface area contributed by atoms with Crippen LogP contribution in [0.5, 0.6) is 0 Å². The minimum atomic E-state index is 0.434. The molecule has 1 heterocycles. The van der Waals surface area contributed by atoms with Crippen molar-refractivity contribution in [2.75, 3.05) is 5.73 Å². The summed E-state index contributed by atoms with van der Waals surface area (Å²) in [6, 6.07) is 3.34. The monoisotopic (exact) mass is 154 g/mol. The van der Waals surface area contributed by atoms with E-state index in [0.29, 0.717) is 16.5 Å². The number of nitrogens with zero attached hydrogens (tertiary/aromatic N) is 1. The maximum absolute atomic E-state index is 5.58. The molecule has 0 radical (unpaired) electrons. The molecular formula is C7H7ClN2. The average Bonchev–Trinajstić information content (AvgIpc) is 1.94. The maximum Gasteiger partial charge on any atom is 0.129 e. The second kappa shape index (κ2) is 2.71. The first-order valence-electron chi connectivity index (χ1n) is 2.78.